The second kappa shape index (κ2) is 6.87. The van der Waals surface area contributed by atoms with Crippen molar-refractivity contribution in [1.82, 2.24) is 4.98 Å². The van der Waals surface area contributed by atoms with E-state index in [0.717, 1.165) is 23.1 Å². The molecule has 5 nitrogen and oxygen atoms in total. The molecular formula is C19H16F2N4O. The van der Waals surface area contributed by atoms with Crippen molar-refractivity contribution in [3.05, 3.63) is 65.4 Å². The lowest BCUT2D eigenvalue weighted by Crippen LogP contribution is -2.24. The van der Waals surface area contributed by atoms with Gasteiger partial charge in [-0.2, -0.15) is 4.99 Å². The van der Waals surface area contributed by atoms with Crippen molar-refractivity contribution < 1.29 is 13.6 Å². The molecule has 0 aliphatic rings. The average Bonchev–Trinajstić information content (AvgIpc) is 2.60. The molecule has 0 fully saturated rings. The molecule has 0 spiro atoms. The third kappa shape index (κ3) is 3.11. The lowest BCUT2D eigenvalue weighted by molar-refractivity contribution is 0.100. The van der Waals surface area contributed by atoms with Crippen LogP contribution in [0.2, 0.25) is 0 Å². The molecule has 0 bridgehead atoms. The highest BCUT2D eigenvalue weighted by Gasteiger charge is 2.18. The number of aryl methyl sites for hydroxylation is 1. The first-order valence-corrected chi connectivity index (χ1v) is 7.92. The number of halogens is 2. The van der Waals surface area contributed by atoms with E-state index in [-0.39, 0.29) is 22.8 Å². The normalized spacial score (nSPS) is 10.7. The van der Waals surface area contributed by atoms with E-state index >= 15 is 0 Å². The molecule has 0 aliphatic heterocycles. The lowest BCUT2D eigenvalue weighted by atomic mass is 9.97. The van der Waals surface area contributed by atoms with Gasteiger partial charge >= 0.3 is 0 Å². The van der Waals surface area contributed by atoms with Crippen LogP contribution < -0.4 is 11.5 Å². The molecule has 0 saturated carbocycles. The van der Waals surface area contributed by atoms with Crippen molar-refractivity contribution in [1.29, 1.82) is 0 Å². The summed E-state index contributed by atoms with van der Waals surface area (Å²) in [6.07, 6.45) is 2.26. The first-order chi connectivity index (χ1) is 12.4. The van der Waals surface area contributed by atoms with E-state index in [0.29, 0.717) is 11.8 Å². The molecule has 26 heavy (non-hydrogen) atoms. The van der Waals surface area contributed by atoms with Gasteiger partial charge in [0, 0.05) is 17.1 Å². The zero-order valence-electron chi connectivity index (χ0n) is 14.0. The Labute approximate surface area is 148 Å². The van der Waals surface area contributed by atoms with Crippen molar-refractivity contribution in [3.8, 4) is 11.3 Å². The number of fused-ring (bicyclic) bond motifs is 1. The molecular weight excluding hydrogens is 338 g/mol. The van der Waals surface area contributed by atoms with Gasteiger partial charge in [0.2, 0.25) is 0 Å². The van der Waals surface area contributed by atoms with Gasteiger partial charge in [0.1, 0.15) is 11.6 Å². The van der Waals surface area contributed by atoms with Crippen LogP contribution in [0.5, 0.6) is 0 Å². The van der Waals surface area contributed by atoms with E-state index in [1.807, 2.05) is 6.92 Å². The number of amides is 1. The fourth-order valence-electron chi connectivity index (χ4n) is 2.82. The number of hydrogen-bond acceptors (Lipinski definition) is 2. The molecule has 1 aromatic heterocycles. The van der Waals surface area contributed by atoms with Crippen molar-refractivity contribution >= 4 is 22.6 Å². The van der Waals surface area contributed by atoms with Gasteiger partial charge in [-0.3, -0.25) is 9.78 Å². The maximum Gasteiger partial charge on any atom is 0.280 e. The van der Waals surface area contributed by atoms with E-state index in [4.69, 9.17) is 11.5 Å². The first-order valence-electron chi connectivity index (χ1n) is 7.92. The molecule has 0 atom stereocenters. The number of pyridine rings is 1. The Kier molecular flexibility index (Phi) is 4.62. The van der Waals surface area contributed by atoms with Crippen molar-refractivity contribution in [2.45, 2.75) is 13.3 Å². The number of nitrogens with zero attached hydrogens (tertiary/aromatic N) is 2. The van der Waals surface area contributed by atoms with Gasteiger partial charge in [0.05, 0.1) is 11.3 Å². The minimum atomic E-state index is -0.732. The molecule has 1 amide bonds. The summed E-state index contributed by atoms with van der Waals surface area (Å²) in [5, 5.41) is 1.20. The summed E-state index contributed by atoms with van der Waals surface area (Å²) < 4.78 is 28.6. The summed E-state index contributed by atoms with van der Waals surface area (Å²) in [6.45, 7) is 1.94. The second-order valence-corrected chi connectivity index (χ2v) is 5.68. The lowest BCUT2D eigenvalue weighted by Gasteiger charge is -2.12. The van der Waals surface area contributed by atoms with Crippen LogP contribution in [0.4, 0.5) is 8.78 Å². The summed E-state index contributed by atoms with van der Waals surface area (Å²) in [5.74, 6) is -2.47. The highest BCUT2D eigenvalue weighted by Crippen LogP contribution is 2.33. The Bertz CT molecular complexity index is 1020. The second-order valence-electron chi connectivity index (χ2n) is 5.68. The summed E-state index contributed by atoms with van der Waals surface area (Å²) in [4.78, 5) is 19.9. The van der Waals surface area contributed by atoms with Crippen LogP contribution >= 0.6 is 0 Å². The number of carbonyl (C=O) groups is 1. The number of hydrogen-bond donors (Lipinski definition) is 2. The molecule has 0 saturated heterocycles. The van der Waals surface area contributed by atoms with Gasteiger partial charge in [-0.25, -0.2) is 8.78 Å². The Morgan fingerprint density at radius 2 is 1.81 bits per heavy atom. The Morgan fingerprint density at radius 1 is 1.12 bits per heavy atom. The van der Waals surface area contributed by atoms with Gasteiger partial charge < -0.3 is 11.5 Å². The van der Waals surface area contributed by atoms with E-state index in [1.165, 1.54) is 12.1 Å². The Morgan fingerprint density at radius 3 is 2.42 bits per heavy atom. The number of carbonyl (C=O) groups excluding carboxylic acids is 1. The maximum absolute atomic E-state index is 14.3. The predicted octanol–water partition coefficient (Wildman–Crippen LogP) is 3.16. The third-order valence-corrected chi connectivity index (χ3v) is 4.03. The molecule has 0 aliphatic carbocycles. The minimum absolute atomic E-state index is 0.118. The van der Waals surface area contributed by atoms with E-state index in [2.05, 4.69) is 9.98 Å². The fraction of sp³-hybridized carbons (Fsp3) is 0.105. The van der Waals surface area contributed by atoms with Crippen LogP contribution in [0.3, 0.4) is 0 Å². The molecule has 1 heterocycles. The molecule has 0 unspecified atom stereocenters. The number of aliphatic imine (C=N–C) groups is 1. The standard InChI is InChI=1S/C19H16F2N4O/c1-2-10-9-24-17(16-14(20)4-3-5-15(16)21)13-8-11(6-7-12(10)13)18(26)25-19(22)23/h3-9H,2H2,1H3,(H4,22,23,25,26). The number of rotatable bonds is 3. The zero-order chi connectivity index (χ0) is 18.8. The summed E-state index contributed by atoms with van der Waals surface area (Å²) in [5.41, 5.74) is 11.4. The summed E-state index contributed by atoms with van der Waals surface area (Å²) >= 11 is 0. The molecule has 7 heteroatoms. The molecule has 132 valence electrons. The first kappa shape index (κ1) is 17.5. The average molecular weight is 354 g/mol. The van der Waals surface area contributed by atoms with Crippen LogP contribution in [0.25, 0.3) is 22.0 Å². The monoisotopic (exact) mass is 354 g/mol. The number of benzene rings is 2. The molecule has 2 aromatic carbocycles. The Hall–Kier alpha value is -3.35. The van der Waals surface area contributed by atoms with Gasteiger partial charge in [-0.15, -0.1) is 0 Å². The Balaban J connectivity index is 2.33. The molecule has 3 aromatic rings. The van der Waals surface area contributed by atoms with Gasteiger partial charge in [0.15, 0.2) is 5.96 Å². The maximum atomic E-state index is 14.3. The largest absolute Gasteiger partial charge is 0.370 e. The predicted molar refractivity (Wildman–Crippen MR) is 96.6 cm³/mol. The van der Waals surface area contributed by atoms with Gasteiger partial charge in [0.25, 0.3) is 5.91 Å². The molecule has 3 rings (SSSR count). The smallest absolute Gasteiger partial charge is 0.280 e. The highest BCUT2D eigenvalue weighted by molar-refractivity contribution is 6.06. The van der Waals surface area contributed by atoms with E-state index in [1.54, 1.807) is 18.3 Å². The van der Waals surface area contributed by atoms with Crippen LogP contribution in [-0.4, -0.2) is 16.9 Å². The van der Waals surface area contributed by atoms with Crippen molar-refractivity contribution in [3.63, 3.8) is 0 Å². The third-order valence-electron chi connectivity index (χ3n) is 4.03. The van der Waals surface area contributed by atoms with E-state index < -0.39 is 17.5 Å². The molecule has 0 radical (unpaired) electrons. The summed E-state index contributed by atoms with van der Waals surface area (Å²) in [7, 11) is 0. The highest BCUT2D eigenvalue weighted by atomic mass is 19.1. The van der Waals surface area contributed by atoms with Crippen LogP contribution in [0.1, 0.15) is 22.8 Å². The van der Waals surface area contributed by atoms with Crippen LogP contribution in [0.15, 0.2) is 47.6 Å². The number of guanidine groups is 1. The van der Waals surface area contributed by atoms with Crippen LogP contribution in [0, 0.1) is 11.6 Å². The SMILES string of the molecule is CCc1cnc(-c2c(F)cccc2F)c2cc(C(=O)N=C(N)N)ccc12. The quantitative estimate of drug-likeness (QED) is 0.558. The minimum Gasteiger partial charge on any atom is -0.370 e. The van der Waals surface area contributed by atoms with Gasteiger partial charge in [-0.05, 0) is 41.6 Å². The van der Waals surface area contributed by atoms with Crippen molar-refractivity contribution in [2.24, 2.45) is 16.5 Å². The van der Waals surface area contributed by atoms with Crippen molar-refractivity contribution in [2.75, 3.05) is 0 Å². The van der Waals surface area contributed by atoms with E-state index in [9.17, 15) is 13.6 Å². The number of nitrogens with two attached hydrogens (primary N) is 2. The fourth-order valence-corrected chi connectivity index (χ4v) is 2.82. The zero-order valence-corrected chi connectivity index (χ0v) is 14.0. The van der Waals surface area contributed by atoms with Gasteiger partial charge in [-0.1, -0.05) is 19.1 Å². The van der Waals surface area contributed by atoms with Crippen LogP contribution in [-0.2, 0) is 6.42 Å². The topological polar surface area (TPSA) is 94.4 Å². The summed E-state index contributed by atoms with van der Waals surface area (Å²) in [6, 6.07) is 8.37. The number of aromatic nitrogens is 1. The molecule has 4 N–H and O–H groups in total.